The van der Waals surface area contributed by atoms with Crippen LogP contribution in [0.3, 0.4) is 0 Å². The Labute approximate surface area is 145 Å². The second-order valence-electron chi connectivity index (χ2n) is 6.69. The third-order valence-electron chi connectivity index (χ3n) is 4.79. The Morgan fingerprint density at radius 1 is 1.17 bits per heavy atom. The predicted octanol–water partition coefficient (Wildman–Crippen LogP) is 0.879. The van der Waals surface area contributed by atoms with E-state index in [4.69, 9.17) is 10.5 Å². The Balaban J connectivity index is 0.00000264. The summed E-state index contributed by atoms with van der Waals surface area (Å²) in [6, 6.07) is -0.597. The van der Waals surface area contributed by atoms with E-state index in [0.717, 1.165) is 32.4 Å². The Bertz CT molecular complexity index is 400. The van der Waals surface area contributed by atoms with Crippen molar-refractivity contribution in [3.8, 4) is 0 Å². The van der Waals surface area contributed by atoms with Crippen molar-refractivity contribution in [1.82, 2.24) is 9.80 Å². The van der Waals surface area contributed by atoms with E-state index in [9.17, 15) is 9.59 Å². The van der Waals surface area contributed by atoms with Crippen LogP contribution in [0.4, 0.5) is 0 Å². The summed E-state index contributed by atoms with van der Waals surface area (Å²) in [7, 11) is 1.54. The number of hydrogen-bond donors (Lipinski definition) is 1. The highest BCUT2D eigenvalue weighted by atomic mass is 35.5. The number of nitrogens with zero attached hydrogens (tertiary/aromatic N) is 2. The molecular formula is C16H30ClN3O3. The largest absolute Gasteiger partial charge is 0.383 e. The lowest BCUT2D eigenvalue weighted by molar-refractivity contribution is -0.142. The summed E-state index contributed by atoms with van der Waals surface area (Å²) in [4.78, 5) is 28.5. The Morgan fingerprint density at radius 3 is 2.39 bits per heavy atom. The van der Waals surface area contributed by atoms with Crippen molar-refractivity contribution in [3.05, 3.63) is 0 Å². The van der Waals surface area contributed by atoms with Crippen LogP contribution in [0.5, 0.6) is 0 Å². The number of ether oxygens (including phenoxy) is 1. The van der Waals surface area contributed by atoms with Crippen LogP contribution in [0, 0.1) is 11.8 Å². The molecule has 2 N–H and O–H groups in total. The Morgan fingerprint density at radius 2 is 1.83 bits per heavy atom. The second-order valence-corrected chi connectivity index (χ2v) is 6.69. The molecule has 2 aliphatic rings. The lowest BCUT2D eigenvalue weighted by atomic mass is 9.92. The van der Waals surface area contributed by atoms with Gasteiger partial charge < -0.3 is 20.3 Å². The van der Waals surface area contributed by atoms with E-state index in [1.165, 1.54) is 13.5 Å². The van der Waals surface area contributed by atoms with Crippen molar-refractivity contribution in [1.29, 1.82) is 0 Å². The van der Waals surface area contributed by atoms with Gasteiger partial charge in [-0.15, -0.1) is 12.4 Å². The SMILES string of the molecule is COCC(N)C(=O)N1CCC(C(=O)N2CCCC(C)C2)CC1.Cl. The van der Waals surface area contributed by atoms with Crippen molar-refractivity contribution in [2.45, 2.75) is 38.6 Å². The summed E-state index contributed by atoms with van der Waals surface area (Å²) in [5.41, 5.74) is 5.79. The molecule has 0 bridgehead atoms. The van der Waals surface area contributed by atoms with Crippen LogP contribution in [-0.4, -0.2) is 67.6 Å². The highest BCUT2D eigenvalue weighted by Gasteiger charge is 2.32. The standard InChI is InChI=1S/C16H29N3O3.ClH/c1-12-4-3-7-19(10-12)15(20)13-5-8-18(9-6-13)16(21)14(17)11-22-2;/h12-14H,3-11,17H2,1-2H3;1H. The fraction of sp³-hybridized carbons (Fsp3) is 0.875. The van der Waals surface area contributed by atoms with E-state index < -0.39 is 6.04 Å². The zero-order chi connectivity index (χ0) is 16.1. The van der Waals surface area contributed by atoms with Gasteiger partial charge in [0.1, 0.15) is 6.04 Å². The summed E-state index contributed by atoms with van der Waals surface area (Å²) < 4.78 is 4.93. The van der Waals surface area contributed by atoms with Crippen molar-refractivity contribution in [3.63, 3.8) is 0 Å². The average Bonchev–Trinajstić information content (AvgIpc) is 2.54. The van der Waals surface area contributed by atoms with Gasteiger partial charge in [-0.05, 0) is 31.6 Å². The molecule has 0 aromatic rings. The minimum Gasteiger partial charge on any atom is -0.383 e. The normalized spacial score (nSPS) is 24.0. The lowest BCUT2D eigenvalue weighted by Crippen LogP contribution is -2.51. The molecule has 2 aliphatic heterocycles. The van der Waals surface area contributed by atoms with E-state index in [-0.39, 0.29) is 36.7 Å². The van der Waals surface area contributed by atoms with Crippen molar-refractivity contribution >= 4 is 24.2 Å². The van der Waals surface area contributed by atoms with Crippen LogP contribution in [0.2, 0.25) is 0 Å². The van der Waals surface area contributed by atoms with Crippen LogP contribution in [-0.2, 0) is 14.3 Å². The molecule has 0 aromatic carbocycles. The van der Waals surface area contributed by atoms with E-state index in [0.29, 0.717) is 19.0 Å². The summed E-state index contributed by atoms with van der Waals surface area (Å²) in [6.07, 6.45) is 3.81. The van der Waals surface area contributed by atoms with Gasteiger partial charge in [0, 0.05) is 39.2 Å². The zero-order valence-corrected chi connectivity index (χ0v) is 15.0. The monoisotopic (exact) mass is 347 g/mol. The van der Waals surface area contributed by atoms with Gasteiger partial charge in [-0.1, -0.05) is 6.92 Å². The highest BCUT2D eigenvalue weighted by molar-refractivity contribution is 5.85. The fourth-order valence-electron chi connectivity index (χ4n) is 3.48. The number of halogens is 1. The number of carbonyl (C=O) groups is 2. The number of likely N-dealkylation sites (tertiary alicyclic amines) is 2. The van der Waals surface area contributed by atoms with Gasteiger partial charge in [0.25, 0.3) is 0 Å². The zero-order valence-electron chi connectivity index (χ0n) is 14.2. The predicted molar refractivity (Wildman–Crippen MR) is 91.4 cm³/mol. The summed E-state index contributed by atoms with van der Waals surface area (Å²) >= 11 is 0. The van der Waals surface area contributed by atoms with E-state index in [2.05, 4.69) is 6.92 Å². The molecule has 7 heteroatoms. The molecule has 2 saturated heterocycles. The van der Waals surface area contributed by atoms with Gasteiger partial charge in [-0.3, -0.25) is 9.59 Å². The molecule has 2 heterocycles. The van der Waals surface area contributed by atoms with Crippen LogP contribution in [0.15, 0.2) is 0 Å². The maximum absolute atomic E-state index is 12.6. The Kier molecular flexibility index (Phi) is 8.29. The molecule has 134 valence electrons. The summed E-state index contributed by atoms with van der Waals surface area (Å²) in [5, 5.41) is 0. The number of methoxy groups -OCH3 is 1. The van der Waals surface area contributed by atoms with Gasteiger partial charge in [-0.25, -0.2) is 0 Å². The molecular weight excluding hydrogens is 318 g/mol. The number of rotatable bonds is 4. The van der Waals surface area contributed by atoms with Crippen LogP contribution in [0.1, 0.15) is 32.6 Å². The van der Waals surface area contributed by atoms with Gasteiger partial charge in [0.15, 0.2) is 0 Å². The number of amides is 2. The molecule has 2 amide bonds. The minimum absolute atomic E-state index is 0. The highest BCUT2D eigenvalue weighted by Crippen LogP contribution is 2.23. The van der Waals surface area contributed by atoms with Gasteiger partial charge in [-0.2, -0.15) is 0 Å². The van der Waals surface area contributed by atoms with Crippen molar-refractivity contribution in [2.75, 3.05) is 39.9 Å². The number of piperidine rings is 2. The summed E-state index contributed by atoms with van der Waals surface area (Å²) in [6.45, 7) is 5.46. The molecule has 23 heavy (non-hydrogen) atoms. The van der Waals surface area contributed by atoms with E-state index in [1.807, 2.05) is 4.90 Å². The molecule has 0 spiro atoms. The molecule has 2 rings (SSSR count). The molecule has 0 aromatic heterocycles. The van der Waals surface area contributed by atoms with Crippen molar-refractivity contribution < 1.29 is 14.3 Å². The number of nitrogens with two attached hydrogens (primary N) is 1. The number of carbonyl (C=O) groups excluding carboxylic acids is 2. The minimum atomic E-state index is -0.597. The molecule has 2 atom stereocenters. The molecule has 6 nitrogen and oxygen atoms in total. The molecule has 0 radical (unpaired) electrons. The third-order valence-corrected chi connectivity index (χ3v) is 4.79. The van der Waals surface area contributed by atoms with Crippen LogP contribution < -0.4 is 5.73 Å². The smallest absolute Gasteiger partial charge is 0.241 e. The van der Waals surface area contributed by atoms with Gasteiger partial charge in [0.2, 0.25) is 11.8 Å². The van der Waals surface area contributed by atoms with E-state index >= 15 is 0 Å². The first-order chi connectivity index (χ1) is 10.5. The quantitative estimate of drug-likeness (QED) is 0.819. The van der Waals surface area contributed by atoms with E-state index in [1.54, 1.807) is 4.90 Å². The maximum atomic E-state index is 12.6. The third kappa shape index (κ3) is 5.33. The Hall–Kier alpha value is -0.850. The van der Waals surface area contributed by atoms with Gasteiger partial charge >= 0.3 is 0 Å². The molecule has 2 unspecified atom stereocenters. The molecule has 0 aliphatic carbocycles. The average molecular weight is 348 g/mol. The lowest BCUT2D eigenvalue weighted by Gasteiger charge is -2.37. The van der Waals surface area contributed by atoms with Crippen LogP contribution in [0.25, 0.3) is 0 Å². The molecule has 0 saturated carbocycles. The number of hydrogen-bond acceptors (Lipinski definition) is 4. The fourth-order valence-corrected chi connectivity index (χ4v) is 3.48. The first-order valence-corrected chi connectivity index (χ1v) is 8.35. The molecule has 2 fully saturated rings. The summed E-state index contributed by atoms with van der Waals surface area (Å²) in [5.74, 6) is 0.874. The van der Waals surface area contributed by atoms with Crippen molar-refractivity contribution in [2.24, 2.45) is 17.6 Å². The second kappa shape index (κ2) is 9.45. The topological polar surface area (TPSA) is 75.9 Å². The first kappa shape index (κ1) is 20.2. The van der Waals surface area contributed by atoms with Crippen LogP contribution >= 0.6 is 12.4 Å². The van der Waals surface area contributed by atoms with Gasteiger partial charge in [0.05, 0.1) is 6.61 Å². The first-order valence-electron chi connectivity index (χ1n) is 8.35. The maximum Gasteiger partial charge on any atom is 0.241 e.